The van der Waals surface area contributed by atoms with Crippen molar-refractivity contribution in [1.82, 2.24) is 35.0 Å². The van der Waals surface area contributed by atoms with Crippen LogP contribution in [0, 0.1) is 17.8 Å². The normalized spacial score (nSPS) is 21.4. The summed E-state index contributed by atoms with van der Waals surface area (Å²) in [6, 6.07) is 1.45. The van der Waals surface area contributed by atoms with Gasteiger partial charge in [0.15, 0.2) is 5.65 Å². The zero-order valence-electron chi connectivity index (χ0n) is 25.9. The molecule has 5 rings (SSSR count). The van der Waals surface area contributed by atoms with E-state index in [1.807, 2.05) is 0 Å². The molecule has 14 heteroatoms. The Labute approximate surface area is 243 Å². The van der Waals surface area contributed by atoms with Gasteiger partial charge in [-0.3, -0.25) is 14.3 Å². The van der Waals surface area contributed by atoms with E-state index in [0.29, 0.717) is 21.6 Å². The number of rotatable bonds is 9. The molecule has 2 N–H and O–H groups in total. The topological polar surface area (TPSA) is 106 Å². The number of fused-ring (bicyclic) bond motifs is 1. The number of hydrogen-bond donors (Lipinski definition) is 2. The van der Waals surface area contributed by atoms with Crippen molar-refractivity contribution in [2.24, 2.45) is 24.7 Å². The van der Waals surface area contributed by atoms with Gasteiger partial charge in [0, 0.05) is 36.5 Å². The number of carbonyl (C=O) groups is 2. The summed E-state index contributed by atoms with van der Waals surface area (Å²) in [5.41, 5.74) is 0.949. The monoisotopic (exact) mass is 598 g/mol. The Hall–Kier alpha value is -3.58. The van der Waals surface area contributed by atoms with E-state index < -0.39 is 61.2 Å². The number of nitrogens with one attached hydrogen (secondary N) is 2. The average Bonchev–Trinajstić information content (AvgIpc) is 3.57. The summed E-state index contributed by atoms with van der Waals surface area (Å²) >= 11 is 0. The fourth-order valence-corrected chi connectivity index (χ4v) is 5.62. The van der Waals surface area contributed by atoms with E-state index in [1.165, 1.54) is 23.0 Å². The number of aryl methyl sites for hydroxylation is 1. The first-order valence-electron chi connectivity index (χ1n) is 15.5. The zero-order valence-corrected chi connectivity index (χ0v) is 22.9. The van der Waals surface area contributed by atoms with Gasteiger partial charge in [-0.05, 0) is 55.2 Å². The molecular weight excluding hydrogens is 561 g/mol. The molecule has 9 nitrogen and oxygen atoms in total. The molecule has 228 valence electrons. The Morgan fingerprint density at radius 2 is 1.83 bits per heavy atom. The first kappa shape index (κ1) is 26.1. The Morgan fingerprint density at radius 1 is 1.12 bits per heavy atom. The molecule has 3 heterocycles. The Bertz CT molecular complexity index is 1530. The first-order chi connectivity index (χ1) is 21.0. The van der Waals surface area contributed by atoms with Crippen LogP contribution in [0.15, 0.2) is 30.7 Å². The molecular formula is C28H34F5N7O2. The standard InChI is InChI=1S/C28H34F5N7O2/c1-16(28(31,32)33)12-23(41)37-24(17-4-3-5-17)19-13-22-36-20(15-40(22)35-14-19)25(18-6-9-27(29,30)10-7-18)38-26(42)21-8-11-34-39(21)2/h8,11,13-18,24-25H,3-7,9-10,12H2,1-2H3,(H,37,41)(H,38,42)/t16-,24-,25+/m1/s1/i2D3. The predicted octanol–water partition coefficient (Wildman–Crippen LogP) is 5.31. The van der Waals surface area contributed by atoms with Gasteiger partial charge < -0.3 is 10.6 Å². The molecule has 0 saturated heterocycles. The van der Waals surface area contributed by atoms with E-state index in [0.717, 1.165) is 26.2 Å². The van der Waals surface area contributed by atoms with E-state index in [9.17, 15) is 31.5 Å². The largest absolute Gasteiger partial charge is 0.392 e. The SMILES string of the molecule is [2H]C([2H])([2H])n1nccc1C(=O)N[C@H](c1cn2ncc([C@H](NC(=O)C[C@@H](C)C(F)(F)F)C3CCC3)cc2n1)C1CCC(F)(F)CC1. The number of aromatic nitrogens is 5. The van der Waals surface area contributed by atoms with Crippen molar-refractivity contribution in [3.05, 3.63) is 47.7 Å². The quantitative estimate of drug-likeness (QED) is 0.325. The molecule has 2 fully saturated rings. The van der Waals surface area contributed by atoms with Crippen LogP contribution in [0.25, 0.3) is 5.65 Å². The van der Waals surface area contributed by atoms with Crippen LogP contribution in [0.2, 0.25) is 0 Å². The van der Waals surface area contributed by atoms with Gasteiger partial charge in [-0.15, -0.1) is 0 Å². The average molecular weight is 599 g/mol. The molecule has 3 atom stereocenters. The Morgan fingerprint density at radius 3 is 2.48 bits per heavy atom. The van der Waals surface area contributed by atoms with Crippen molar-refractivity contribution in [2.75, 3.05) is 0 Å². The maximum Gasteiger partial charge on any atom is 0.392 e. The molecule has 3 aromatic heterocycles. The highest BCUT2D eigenvalue weighted by Gasteiger charge is 2.40. The number of amides is 2. The number of halogens is 5. The minimum atomic E-state index is -4.50. The van der Waals surface area contributed by atoms with Crippen LogP contribution in [0.3, 0.4) is 0 Å². The second-order valence-electron chi connectivity index (χ2n) is 11.4. The lowest BCUT2D eigenvalue weighted by Crippen LogP contribution is -2.38. The molecule has 2 amide bonds. The number of carbonyl (C=O) groups excluding carboxylic acids is 2. The van der Waals surface area contributed by atoms with Gasteiger partial charge in [0.05, 0.1) is 36.1 Å². The highest BCUT2D eigenvalue weighted by atomic mass is 19.4. The van der Waals surface area contributed by atoms with Crippen LogP contribution in [-0.2, 0) is 11.8 Å². The number of imidazole rings is 1. The summed E-state index contributed by atoms with van der Waals surface area (Å²) in [6.45, 7) is -1.77. The molecule has 0 aliphatic heterocycles. The van der Waals surface area contributed by atoms with Gasteiger partial charge >= 0.3 is 6.18 Å². The Balaban J connectivity index is 1.43. The molecule has 0 bridgehead atoms. The first-order valence-corrected chi connectivity index (χ1v) is 14.0. The van der Waals surface area contributed by atoms with E-state index in [4.69, 9.17) is 4.11 Å². The lowest BCUT2D eigenvalue weighted by atomic mass is 9.77. The third-order valence-corrected chi connectivity index (χ3v) is 8.42. The fourth-order valence-electron chi connectivity index (χ4n) is 5.62. The molecule has 2 aliphatic rings. The molecule has 42 heavy (non-hydrogen) atoms. The van der Waals surface area contributed by atoms with E-state index in [2.05, 4.69) is 25.8 Å². The second kappa shape index (κ2) is 11.6. The van der Waals surface area contributed by atoms with Gasteiger partial charge in [0.2, 0.25) is 11.8 Å². The highest BCUT2D eigenvalue weighted by Crippen LogP contribution is 2.42. The molecule has 3 aromatic rings. The Kier molecular flexibility index (Phi) is 7.20. The summed E-state index contributed by atoms with van der Waals surface area (Å²) in [6.07, 6.45) is 0.863. The second-order valence-corrected chi connectivity index (χ2v) is 11.4. The summed E-state index contributed by atoms with van der Waals surface area (Å²) in [4.78, 5) is 30.6. The van der Waals surface area contributed by atoms with Crippen molar-refractivity contribution < 1.29 is 35.7 Å². The minimum Gasteiger partial charge on any atom is -0.349 e. The molecule has 0 unspecified atom stereocenters. The minimum absolute atomic E-state index is 0.00726. The highest BCUT2D eigenvalue weighted by molar-refractivity contribution is 5.92. The van der Waals surface area contributed by atoms with Crippen molar-refractivity contribution >= 4 is 17.5 Å². The summed E-state index contributed by atoms with van der Waals surface area (Å²) < 4.78 is 92.3. The molecule has 0 spiro atoms. The van der Waals surface area contributed by atoms with E-state index in [1.54, 1.807) is 12.3 Å². The third-order valence-electron chi connectivity index (χ3n) is 8.42. The predicted molar refractivity (Wildman–Crippen MR) is 141 cm³/mol. The van der Waals surface area contributed by atoms with Gasteiger partial charge in [-0.25, -0.2) is 18.3 Å². The van der Waals surface area contributed by atoms with Crippen LogP contribution >= 0.6 is 0 Å². The lowest BCUT2D eigenvalue weighted by molar-refractivity contribution is -0.174. The maximum absolute atomic E-state index is 14.0. The van der Waals surface area contributed by atoms with Crippen LogP contribution < -0.4 is 10.6 Å². The van der Waals surface area contributed by atoms with Gasteiger partial charge in [-0.1, -0.05) is 13.3 Å². The fraction of sp³-hybridized carbons (Fsp3) is 0.607. The smallest absolute Gasteiger partial charge is 0.349 e. The summed E-state index contributed by atoms with van der Waals surface area (Å²) in [5.74, 6) is -6.57. The molecule has 2 aliphatic carbocycles. The number of hydrogen-bond acceptors (Lipinski definition) is 5. The zero-order chi connectivity index (χ0) is 32.7. The van der Waals surface area contributed by atoms with Crippen LogP contribution in [0.1, 0.15) is 96.2 Å². The molecule has 0 radical (unpaired) electrons. The molecule has 2 saturated carbocycles. The van der Waals surface area contributed by atoms with E-state index >= 15 is 0 Å². The maximum atomic E-state index is 14.0. The number of nitrogens with zero attached hydrogens (tertiary/aromatic N) is 5. The van der Waals surface area contributed by atoms with Crippen molar-refractivity contribution in [3.8, 4) is 0 Å². The van der Waals surface area contributed by atoms with Gasteiger partial charge in [0.25, 0.3) is 5.91 Å². The third kappa shape index (κ3) is 6.57. The van der Waals surface area contributed by atoms with Gasteiger partial charge in [0.1, 0.15) is 5.69 Å². The van der Waals surface area contributed by atoms with Crippen LogP contribution in [0.5, 0.6) is 0 Å². The summed E-state index contributed by atoms with van der Waals surface area (Å²) in [5, 5.41) is 13.7. The van der Waals surface area contributed by atoms with Crippen molar-refractivity contribution in [2.45, 2.75) is 82.5 Å². The summed E-state index contributed by atoms with van der Waals surface area (Å²) in [7, 11) is 0. The van der Waals surface area contributed by atoms with Crippen LogP contribution in [-0.4, -0.2) is 48.3 Å². The number of alkyl halides is 5. The van der Waals surface area contributed by atoms with Crippen LogP contribution in [0.4, 0.5) is 22.0 Å². The van der Waals surface area contributed by atoms with Gasteiger partial charge in [-0.2, -0.15) is 23.4 Å². The van der Waals surface area contributed by atoms with E-state index in [-0.39, 0.29) is 37.3 Å². The van der Waals surface area contributed by atoms with Crippen molar-refractivity contribution in [1.29, 1.82) is 0 Å². The molecule has 0 aromatic carbocycles. The lowest BCUT2D eigenvalue weighted by Gasteiger charge is -2.34. The van der Waals surface area contributed by atoms with Crippen molar-refractivity contribution in [3.63, 3.8) is 0 Å².